The Kier molecular flexibility index (Phi) is 7.65. The molecule has 36 heavy (non-hydrogen) atoms. The van der Waals surface area contributed by atoms with E-state index >= 15 is 0 Å². The maximum Gasteiger partial charge on any atom is 0.246 e. The average molecular weight is 510 g/mol. The smallest absolute Gasteiger partial charge is 0.246 e. The number of nitrogen functional groups attached to an aromatic ring is 1. The van der Waals surface area contributed by atoms with Gasteiger partial charge in [0.1, 0.15) is 24.6 Å². The van der Waals surface area contributed by atoms with Gasteiger partial charge in [0, 0.05) is 36.8 Å². The SMILES string of the molecule is C=CC(=O)N(CCNc1ncnc(N)c1C(=N)c1cc(F)c2c(c1)NCCO2)Cc1ccc(Cl)cc1. The van der Waals surface area contributed by atoms with E-state index < -0.39 is 5.82 Å². The van der Waals surface area contributed by atoms with Crippen LogP contribution in [0.5, 0.6) is 5.75 Å². The number of carbonyl (C=O) groups is 1. The second-order valence-corrected chi connectivity index (χ2v) is 8.42. The van der Waals surface area contributed by atoms with Gasteiger partial charge in [-0.3, -0.25) is 10.2 Å². The number of aromatic nitrogens is 2. The van der Waals surface area contributed by atoms with Crippen LogP contribution in [0.15, 0.2) is 55.4 Å². The van der Waals surface area contributed by atoms with Crippen LogP contribution in [0.3, 0.4) is 0 Å². The van der Waals surface area contributed by atoms with Crippen molar-refractivity contribution < 1.29 is 13.9 Å². The van der Waals surface area contributed by atoms with Gasteiger partial charge in [0.05, 0.1) is 17.0 Å². The highest BCUT2D eigenvalue weighted by Crippen LogP contribution is 2.33. The van der Waals surface area contributed by atoms with Crippen LogP contribution >= 0.6 is 11.6 Å². The lowest BCUT2D eigenvalue weighted by molar-refractivity contribution is -0.126. The monoisotopic (exact) mass is 509 g/mol. The highest BCUT2D eigenvalue weighted by molar-refractivity contribution is 6.30. The predicted octanol–water partition coefficient (Wildman–Crippen LogP) is 3.70. The molecule has 0 spiro atoms. The second-order valence-electron chi connectivity index (χ2n) is 7.98. The number of nitrogens with zero attached hydrogens (tertiary/aromatic N) is 3. The standard InChI is InChI=1S/C25H25ClFN7O2/c1-2-20(35)34(13-15-3-5-17(26)6-4-15)9-7-31-25-21(24(29)32-14-33-25)22(28)16-11-18(27)23-19(12-16)30-8-10-36-23/h2-6,11-12,14,28,30H,1,7-10,13H2,(H3,29,31,32,33). The van der Waals surface area contributed by atoms with E-state index in [1.165, 1.54) is 18.5 Å². The van der Waals surface area contributed by atoms with Crippen LogP contribution in [0, 0.1) is 11.2 Å². The summed E-state index contributed by atoms with van der Waals surface area (Å²) in [7, 11) is 0. The fraction of sp³-hybridized carbons (Fsp3) is 0.200. The fourth-order valence-corrected chi connectivity index (χ4v) is 3.92. The molecule has 0 unspecified atom stereocenters. The average Bonchev–Trinajstić information content (AvgIpc) is 2.88. The molecule has 4 rings (SSSR count). The minimum atomic E-state index is -0.579. The maximum atomic E-state index is 14.6. The van der Waals surface area contributed by atoms with Crippen LogP contribution in [0.25, 0.3) is 0 Å². The quantitative estimate of drug-likeness (QED) is 0.255. The molecule has 1 aromatic heterocycles. The lowest BCUT2D eigenvalue weighted by Gasteiger charge is -2.23. The number of anilines is 3. The molecule has 0 atom stereocenters. The van der Waals surface area contributed by atoms with Crippen molar-refractivity contribution in [2.24, 2.45) is 0 Å². The molecule has 1 aliphatic rings. The molecule has 2 heterocycles. The number of halogens is 2. The minimum absolute atomic E-state index is 0.0511. The Morgan fingerprint density at radius 2 is 2.11 bits per heavy atom. The van der Waals surface area contributed by atoms with Crippen molar-refractivity contribution in [2.45, 2.75) is 6.54 Å². The zero-order chi connectivity index (χ0) is 25.7. The van der Waals surface area contributed by atoms with Gasteiger partial charge in [-0.25, -0.2) is 14.4 Å². The first kappa shape index (κ1) is 24.9. The maximum absolute atomic E-state index is 14.6. The van der Waals surface area contributed by atoms with Crippen molar-refractivity contribution in [1.29, 1.82) is 5.41 Å². The van der Waals surface area contributed by atoms with Crippen LogP contribution < -0.4 is 21.1 Å². The summed E-state index contributed by atoms with van der Waals surface area (Å²) in [5, 5.41) is 15.5. The van der Waals surface area contributed by atoms with Crippen LogP contribution in [-0.2, 0) is 11.3 Å². The number of amides is 1. The van der Waals surface area contributed by atoms with Gasteiger partial charge in [-0.1, -0.05) is 30.3 Å². The van der Waals surface area contributed by atoms with E-state index in [1.807, 2.05) is 12.1 Å². The molecule has 9 nitrogen and oxygen atoms in total. The Morgan fingerprint density at radius 3 is 2.86 bits per heavy atom. The number of nitrogens with two attached hydrogens (primary N) is 1. The van der Waals surface area contributed by atoms with E-state index in [-0.39, 0.29) is 28.7 Å². The van der Waals surface area contributed by atoms with Gasteiger partial charge in [-0.15, -0.1) is 0 Å². The molecule has 0 bridgehead atoms. The summed E-state index contributed by atoms with van der Waals surface area (Å²) in [6.07, 6.45) is 2.53. The van der Waals surface area contributed by atoms with Gasteiger partial charge >= 0.3 is 0 Å². The number of carbonyl (C=O) groups excluding carboxylic acids is 1. The molecule has 2 aromatic carbocycles. The summed E-state index contributed by atoms with van der Waals surface area (Å²) in [5.74, 6) is -0.320. The summed E-state index contributed by atoms with van der Waals surface area (Å²) in [6, 6.07) is 10.1. The molecule has 1 aliphatic heterocycles. The largest absolute Gasteiger partial charge is 0.486 e. The first-order valence-corrected chi connectivity index (χ1v) is 11.5. The van der Waals surface area contributed by atoms with E-state index in [9.17, 15) is 9.18 Å². The molecular formula is C25H25ClFN7O2. The highest BCUT2D eigenvalue weighted by Gasteiger charge is 2.22. The Hall–Kier alpha value is -4.18. The number of hydrogen-bond donors (Lipinski definition) is 4. The predicted molar refractivity (Wildman–Crippen MR) is 138 cm³/mol. The first-order chi connectivity index (χ1) is 17.4. The second kappa shape index (κ2) is 11.0. The number of nitrogens with one attached hydrogen (secondary N) is 3. The molecule has 0 fully saturated rings. The fourth-order valence-electron chi connectivity index (χ4n) is 3.79. The van der Waals surface area contributed by atoms with Crippen LogP contribution in [0.1, 0.15) is 16.7 Å². The number of rotatable bonds is 9. The topological polar surface area (TPSA) is 129 Å². The van der Waals surface area contributed by atoms with Crippen molar-refractivity contribution in [3.63, 3.8) is 0 Å². The number of ether oxygens (including phenoxy) is 1. The van der Waals surface area contributed by atoms with Crippen LogP contribution in [0.2, 0.25) is 5.02 Å². The van der Waals surface area contributed by atoms with Crippen molar-refractivity contribution in [3.8, 4) is 5.75 Å². The van der Waals surface area contributed by atoms with Gasteiger partial charge < -0.3 is 26.0 Å². The Morgan fingerprint density at radius 1 is 1.33 bits per heavy atom. The van der Waals surface area contributed by atoms with E-state index in [0.29, 0.717) is 54.9 Å². The van der Waals surface area contributed by atoms with Crippen molar-refractivity contribution in [2.75, 3.05) is 42.6 Å². The molecular weight excluding hydrogens is 485 g/mol. The summed E-state index contributed by atoms with van der Waals surface area (Å²) in [5.41, 5.74) is 7.94. The Bertz CT molecular complexity index is 1300. The van der Waals surface area contributed by atoms with Crippen LogP contribution in [-0.4, -0.2) is 52.7 Å². The summed E-state index contributed by atoms with van der Waals surface area (Å²) in [6.45, 7) is 5.45. The van der Waals surface area contributed by atoms with Gasteiger partial charge in [0.25, 0.3) is 0 Å². The van der Waals surface area contributed by atoms with Gasteiger partial charge in [-0.05, 0) is 35.9 Å². The normalized spacial score (nSPS) is 12.1. The van der Waals surface area contributed by atoms with Crippen LogP contribution in [0.4, 0.5) is 21.7 Å². The van der Waals surface area contributed by atoms with Crippen molar-refractivity contribution >= 4 is 40.5 Å². The van der Waals surface area contributed by atoms with E-state index in [2.05, 4.69) is 27.2 Å². The highest BCUT2D eigenvalue weighted by atomic mass is 35.5. The molecule has 0 aliphatic carbocycles. The molecule has 1 amide bonds. The van der Waals surface area contributed by atoms with Gasteiger partial charge in [-0.2, -0.15) is 0 Å². The molecule has 186 valence electrons. The summed E-state index contributed by atoms with van der Waals surface area (Å²) >= 11 is 5.95. The number of hydrogen-bond acceptors (Lipinski definition) is 8. The number of benzene rings is 2. The lowest BCUT2D eigenvalue weighted by Crippen LogP contribution is -2.33. The zero-order valence-corrected chi connectivity index (χ0v) is 20.1. The van der Waals surface area contributed by atoms with Gasteiger partial charge in [0.15, 0.2) is 11.6 Å². The third-order valence-electron chi connectivity index (χ3n) is 5.57. The van der Waals surface area contributed by atoms with Crippen molar-refractivity contribution in [1.82, 2.24) is 14.9 Å². The van der Waals surface area contributed by atoms with E-state index in [1.54, 1.807) is 23.1 Å². The van der Waals surface area contributed by atoms with Gasteiger partial charge in [0.2, 0.25) is 5.91 Å². The molecule has 5 N–H and O–H groups in total. The molecule has 0 radical (unpaired) electrons. The molecule has 0 saturated heterocycles. The molecule has 0 saturated carbocycles. The van der Waals surface area contributed by atoms with E-state index in [4.69, 9.17) is 27.5 Å². The third kappa shape index (κ3) is 5.55. The third-order valence-corrected chi connectivity index (χ3v) is 5.82. The minimum Gasteiger partial charge on any atom is -0.486 e. The zero-order valence-electron chi connectivity index (χ0n) is 19.4. The van der Waals surface area contributed by atoms with Crippen molar-refractivity contribution in [3.05, 3.63) is 82.9 Å². The van der Waals surface area contributed by atoms with E-state index in [0.717, 1.165) is 5.56 Å². The molecule has 3 aromatic rings. The number of fused-ring (bicyclic) bond motifs is 1. The first-order valence-electron chi connectivity index (χ1n) is 11.2. The lowest BCUT2D eigenvalue weighted by atomic mass is 10.0. The summed E-state index contributed by atoms with van der Waals surface area (Å²) in [4.78, 5) is 22.3. The summed E-state index contributed by atoms with van der Waals surface area (Å²) < 4.78 is 20.0. The Labute approximate surface area is 212 Å². The Balaban J connectivity index is 1.51. The molecule has 11 heteroatoms.